The van der Waals surface area contributed by atoms with Gasteiger partial charge in [0.1, 0.15) is 11.6 Å². The highest BCUT2D eigenvalue weighted by Gasteiger charge is 2.19. The molecule has 1 aromatic carbocycles. The lowest BCUT2D eigenvalue weighted by atomic mass is 10.1. The molecule has 0 bridgehead atoms. The first-order chi connectivity index (χ1) is 12.5. The van der Waals surface area contributed by atoms with Gasteiger partial charge in [-0.3, -0.25) is 0 Å². The highest BCUT2D eigenvalue weighted by molar-refractivity contribution is 5.92. The average molecular weight is 351 g/mol. The number of aryl methyl sites for hydroxylation is 4. The van der Waals surface area contributed by atoms with Gasteiger partial charge >= 0.3 is 0 Å². The number of nitrogens with zero attached hydrogens (tertiary/aromatic N) is 4. The summed E-state index contributed by atoms with van der Waals surface area (Å²) >= 11 is 0. The van der Waals surface area contributed by atoms with Crippen molar-refractivity contribution < 1.29 is 0 Å². The number of unbranched alkanes of at least 4 members (excludes halogenated alkanes) is 1. The van der Waals surface area contributed by atoms with Gasteiger partial charge < -0.3 is 9.47 Å². The third kappa shape index (κ3) is 3.33. The van der Waals surface area contributed by atoms with E-state index in [1.807, 2.05) is 6.92 Å². The highest BCUT2D eigenvalue weighted by atomic mass is 15.2. The van der Waals surface area contributed by atoms with E-state index in [-0.39, 0.29) is 0 Å². The van der Waals surface area contributed by atoms with Crippen molar-refractivity contribution in [3.8, 4) is 5.69 Å². The molecule has 0 amide bonds. The van der Waals surface area contributed by atoms with Gasteiger partial charge in [-0.15, -0.1) is 0 Å². The Morgan fingerprint density at radius 2 is 1.77 bits per heavy atom. The lowest BCUT2D eigenvalue weighted by Crippen LogP contribution is -2.25. The molecule has 3 rings (SSSR count). The van der Waals surface area contributed by atoms with Gasteiger partial charge in [0.05, 0.1) is 5.39 Å². The van der Waals surface area contributed by atoms with Crippen molar-refractivity contribution in [1.29, 1.82) is 0 Å². The molecule has 0 spiro atoms. The van der Waals surface area contributed by atoms with Crippen LogP contribution in [0, 0.1) is 27.7 Å². The molecule has 0 aliphatic carbocycles. The molecule has 0 radical (unpaired) electrons. The van der Waals surface area contributed by atoms with Gasteiger partial charge in [0.15, 0.2) is 5.65 Å². The van der Waals surface area contributed by atoms with Crippen LogP contribution in [0.1, 0.15) is 49.2 Å². The summed E-state index contributed by atoms with van der Waals surface area (Å²) in [4.78, 5) is 12.0. The predicted octanol–water partition coefficient (Wildman–Crippen LogP) is 5.28. The Morgan fingerprint density at radius 3 is 2.42 bits per heavy atom. The Bertz CT molecular complexity index is 924. The van der Waals surface area contributed by atoms with Crippen LogP contribution in [0.2, 0.25) is 0 Å². The first-order valence-electron chi connectivity index (χ1n) is 9.65. The van der Waals surface area contributed by atoms with Crippen LogP contribution in [-0.4, -0.2) is 27.6 Å². The summed E-state index contributed by atoms with van der Waals surface area (Å²) in [5, 5.41) is 1.17. The fourth-order valence-electron chi connectivity index (χ4n) is 3.64. The van der Waals surface area contributed by atoms with Crippen molar-refractivity contribution in [3.63, 3.8) is 0 Å². The third-order valence-electron chi connectivity index (χ3n) is 5.00. The molecule has 4 nitrogen and oxygen atoms in total. The number of anilines is 1. The van der Waals surface area contributed by atoms with Crippen LogP contribution in [-0.2, 0) is 0 Å². The van der Waals surface area contributed by atoms with Crippen molar-refractivity contribution in [2.75, 3.05) is 18.0 Å². The van der Waals surface area contributed by atoms with E-state index in [4.69, 9.17) is 9.97 Å². The summed E-state index contributed by atoms with van der Waals surface area (Å²) in [5.41, 5.74) is 5.96. The first-order valence-corrected chi connectivity index (χ1v) is 9.65. The molecule has 0 aliphatic rings. The largest absolute Gasteiger partial charge is 0.356 e. The van der Waals surface area contributed by atoms with E-state index in [0.717, 1.165) is 30.4 Å². The molecule has 0 atom stereocenters. The minimum absolute atomic E-state index is 0.826. The number of hydrogen-bond acceptors (Lipinski definition) is 3. The topological polar surface area (TPSA) is 34.0 Å². The maximum absolute atomic E-state index is 4.83. The molecule has 0 fully saturated rings. The molecule has 0 saturated carbocycles. The Hall–Kier alpha value is -2.36. The van der Waals surface area contributed by atoms with Crippen LogP contribution in [0.25, 0.3) is 16.7 Å². The zero-order valence-electron chi connectivity index (χ0n) is 16.9. The van der Waals surface area contributed by atoms with Gasteiger partial charge in [0, 0.05) is 25.0 Å². The standard InChI is InChI=1S/C22H30N4/c1-7-9-12-25(8-2)21-20-17(5)14-26(22(20)24-18(6)23-21)19-11-10-15(3)13-16(19)4/h10-11,13-14H,7-9,12H2,1-6H3. The van der Waals surface area contributed by atoms with Gasteiger partial charge in [-0.25, -0.2) is 9.97 Å². The molecule has 26 heavy (non-hydrogen) atoms. The summed E-state index contributed by atoms with van der Waals surface area (Å²) in [6, 6.07) is 6.58. The summed E-state index contributed by atoms with van der Waals surface area (Å²) in [7, 11) is 0. The number of aromatic nitrogens is 3. The fraction of sp³-hybridized carbons (Fsp3) is 0.455. The lowest BCUT2D eigenvalue weighted by molar-refractivity contribution is 0.724. The zero-order chi connectivity index (χ0) is 18.8. The van der Waals surface area contributed by atoms with Crippen LogP contribution in [0.4, 0.5) is 5.82 Å². The van der Waals surface area contributed by atoms with Gasteiger partial charge in [-0.05, 0) is 58.2 Å². The van der Waals surface area contributed by atoms with Crippen molar-refractivity contribution in [2.45, 2.75) is 54.4 Å². The van der Waals surface area contributed by atoms with Gasteiger partial charge in [0.25, 0.3) is 0 Å². The van der Waals surface area contributed by atoms with Crippen LogP contribution >= 0.6 is 0 Å². The van der Waals surface area contributed by atoms with E-state index in [1.165, 1.54) is 40.6 Å². The molecule has 4 heteroatoms. The van der Waals surface area contributed by atoms with E-state index in [2.05, 4.69) is 68.5 Å². The number of benzene rings is 1. The van der Waals surface area contributed by atoms with Gasteiger partial charge in [-0.2, -0.15) is 0 Å². The maximum Gasteiger partial charge on any atom is 0.150 e. The van der Waals surface area contributed by atoms with Crippen molar-refractivity contribution in [3.05, 3.63) is 46.9 Å². The summed E-state index contributed by atoms with van der Waals surface area (Å²) in [6.07, 6.45) is 4.56. The summed E-state index contributed by atoms with van der Waals surface area (Å²) in [6.45, 7) is 14.9. The Labute approximate surface area is 156 Å². The molecular weight excluding hydrogens is 320 g/mol. The molecule has 0 N–H and O–H groups in total. The molecule has 2 aromatic heterocycles. The van der Waals surface area contributed by atoms with Crippen molar-refractivity contribution >= 4 is 16.9 Å². The second-order valence-electron chi connectivity index (χ2n) is 7.20. The second-order valence-corrected chi connectivity index (χ2v) is 7.20. The molecular formula is C22H30N4. The van der Waals surface area contributed by atoms with E-state index < -0.39 is 0 Å². The predicted molar refractivity (Wildman–Crippen MR) is 111 cm³/mol. The molecule has 0 unspecified atom stereocenters. The maximum atomic E-state index is 4.83. The Kier molecular flexibility index (Phi) is 5.30. The van der Waals surface area contributed by atoms with Crippen LogP contribution in [0.3, 0.4) is 0 Å². The summed E-state index contributed by atoms with van der Waals surface area (Å²) in [5.74, 6) is 1.90. The molecule has 138 valence electrons. The van der Waals surface area contributed by atoms with E-state index in [0.29, 0.717) is 0 Å². The minimum atomic E-state index is 0.826. The van der Waals surface area contributed by atoms with Crippen LogP contribution < -0.4 is 4.90 Å². The number of hydrogen-bond donors (Lipinski definition) is 0. The zero-order valence-corrected chi connectivity index (χ0v) is 16.9. The molecule has 2 heterocycles. The molecule has 0 saturated heterocycles. The smallest absolute Gasteiger partial charge is 0.150 e. The molecule has 3 aromatic rings. The van der Waals surface area contributed by atoms with Gasteiger partial charge in [0.2, 0.25) is 0 Å². The number of fused-ring (bicyclic) bond motifs is 1. The monoisotopic (exact) mass is 350 g/mol. The lowest BCUT2D eigenvalue weighted by Gasteiger charge is -2.23. The quantitative estimate of drug-likeness (QED) is 0.606. The number of rotatable bonds is 6. The van der Waals surface area contributed by atoms with E-state index >= 15 is 0 Å². The Balaban J connectivity index is 2.23. The van der Waals surface area contributed by atoms with Gasteiger partial charge in [-0.1, -0.05) is 31.0 Å². The highest BCUT2D eigenvalue weighted by Crippen LogP contribution is 2.31. The average Bonchev–Trinajstić information content (AvgIpc) is 2.91. The first kappa shape index (κ1) is 18.4. The molecule has 0 aliphatic heterocycles. The summed E-state index contributed by atoms with van der Waals surface area (Å²) < 4.78 is 2.23. The van der Waals surface area contributed by atoms with Crippen molar-refractivity contribution in [1.82, 2.24) is 14.5 Å². The van der Waals surface area contributed by atoms with E-state index in [9.17, 15) is 0 Å². The fourth-order valence-corrected chi connectivity index (χ4v) is 3.64. The normalized spacial score (nSPS) is 11.3. The Morgan fingerprint density at radius 1 is 1.00 bits per heavy atom. The van der Waals surface area contributed by atoms with Crippen LogP contribution in [0.15, 0.2) is 24.4 Å². The SMILES string of the molecule is CCCCN(CC)c1nc(C)nc2c1c(C)cn2-c1ccc(C)cc1C. The van der Waals surface area contributed by atoms with E-state index in [1.54, 1.807) is 0 Å². The third-order valence-corrected chi connectivity index (χ3v) is 5.00. The van der Waals surface area contributed by atoms with Crippen LogP contribution in [0.5, 0.6) is 0 Å². The minimum Gasteiger partial charge on any atom is -0.356 e. The van der Waals surface area contributed by atoms with Crippen molar-refractivity contribution in [2.24, 2.45) is 0 Å². The second kappa shape index (κ2) is 7.48.